The molecule has 98 valence electrons. The molecule has 1 atom stereocenters. The molecular weight excluding hydrogens is 242 g/mol. The number of thioether (sulfide) groups is 1. The van der Waals surface area contributed by atoms with Crippen molar-refractivity contribution in [3.8, 4) is 0 Å². The highest BCUT2D eigenvalue weighted by Crippen LogP contribution is 2.26. The van der Waals surface area contributed by atoms with Crippen LogP contribution in [0.5, 0.6) is 0 Å². The SMILES string of the molecule is COC(C)(CN1CC(SC(C)=O)CC1=O)OC. The molecule has 0 bridgehead atoms. The molecule has 0 spiro atoms. The summed E-state index contributed by atoms with van der Waals surface area (Å²) in [7, 11) is 3.09. The van der Waals surface area contributed by atoms with Gasteiger partial charge in [-0.3, -0.25) is 9.59 Å². The lowest BCUT2D eigenvalue weighted by Crippen LogP contribution is -2.44. The van der Waals surface area contributed by atoms with Crippen LogP contribution < -0.4 is 0 Å². The maximum absolute atomic E-state index is 11.8. The van der Waals surface area contributed by atoms with E-state index in [1.807, 2.05) is 0 Å². The molecule has 1 saturated heterocycles. The van der Waals surface area contributed by atoms with Gasteiger partial charge in [0.2, 0.25) is 5.91 Å². The van der Waals surface area contributed by atoms with Crippen LogP contribution in [-0.4, -0.2) is 54.3 Å². The van der Waals surface area contributed by atoms with Gasteiger partial charge in [0, 0.05) is 39.4 Å². The highest BCUT2D eigenvalue weighted by atomic mass is 32.2. The van der Waals surface area contributed by atoms with Crippen molar-refractivity contribution in [3.63, 3.8) is 0 Å². The van der Waals surface area contributed by atoms with Crippen LogP contribution >= 0.6 is 11.8 Å². The molecule has 0 aromatic heterocycles. The van der Waals surface area contributed by atoms with Crippen molar-refractivity contribution < 1.29 is 19.1 Å². The second-order valence-electron chi connectivity index (χ2n) is 4.25. The van der Waals surface area contributed by atoms with Gasteiger partial charge in [-0.1, -0.05) is 11.8 Å². The van der Waals surface area contributed by atoms with Crippen molar-refractivity contribution >= 4 is 22.8 Å². The van der Waals surface area contributed by atoms with E-state index in [1.54, 1.807) is 26.0 Å². The summed E-state index contributed by atoms with van der Waals surface area (Å²) in [5, 5.41) is 0.101. The molecule has 1 amide bonds. The lowest BCUT2D eigenvalue weighted by Gasteiger charge is -2.31. The Bertz CT molecular complexity index is 304. The first-order chi connectivity index (χ1) is 7.90. The monoisotopic (exact) mass is 261 g/mol. The predicted molar refractivity (Wildman–Crippen MR) is 65.7 cm³/mol. The minimum absolute atomic E-state index is 0.0454. The van der Waals surface area contributed by atoms with E-state index in [0.717, 1.165) is 0 Å². The number of methoxy groups -OCH3 is 2. The van der Waals surface area contributed by atoms with Crippen LogP contribution in [0.25, 0.3) is 0 Å². The van der Waals surface area contributed by atoms with Crippen molar-refractivity contribution in [2.24, 2.45) is 0 Å². The minimum atomic E-state index is -0.786. The summed E-state index contributed by atoms with van der Waals surface area (Å²) < 4.78 is 10.4. The molecule has 0 N–H and O–H groups in total. The van der Waals surface area contributed by atoms with E-state index >= 15 is 0 Å². The topological polar surface area (TPSA) is 55.8 Å². The van der Waals surface area contributed by atoms with Crippen molar-refractivity contribution in [3.05, 3.63) is 0 Å². The third-order valence-corrected chi connectivity index (χ3v) is 3.83. The van der Waals surface area contributed by atoms with Crippen LogP contribution in [-0.2, 0) is 19.1 Å². The third kappa shape index (κ3) is 3.97. The predicted octanol–water partition coefficient (Wildman–Crippen LogP) is 0.876. The molecule has 1 unspecified atom stereocenters. The van der Waals surface area contributed by atoms with Gasteiger partial charge < -0.3 is 14.4 Å². The van der Waals surface area contributed by atoms with E-state index in [1.165, 1.54) is 18.7 Å². The van der Waals surface area contributed by atoms with Crippen molar-refractivity contribution in [1.29, 1.82) is 0 Å². The molecule has 6 heteroatoms. The molecule has 0 aromatic rings. The number of carbonyl (C=O) groups excluding carboxylic acids is 2. The summed E-state index contributed by atoms with van der Waals surface area (Å²) in [5.41, 5.74) is 0. The fraction of sp³-hybridized carbons (Fsp3) is 0.818. The highest BCUT2D eigenvalue weighted by molar-refractivity contribution is 8.14. The molecule has 5 nitrogen and oxygen atoms in total. The van der Waals surface area contributed by atoms with Crippen LogP contribution in [0, 0.1) is 0 Å². The van der Waals surface area contributed by atoms with E-state index in [9.17, 15) is 9.59 Å². The summed E-state index contributed by atoms with van der Waals surface area (Å²) >= 11 is 1.23. The summed E-state index contributed by atoms with van der Waals surface area (Å²) in [6.45, 7) is 4.26. The molecule has 1 aliphatic heterocycles. The maximum Gasteiger partial charge on any atom is 0.223 e. The third-order valence-electron chi connectivity index (χ3n) is 2.85. The van der Waals surface area contributed by atoms with Gasteiger partial charge in [-0.15, -0.1) is 0 Å². The van der Waals surface area contributed by atoms with Crippen LogP contribution in [0.15, 0.2) is 0 Å². The Hall–Kier alpha value is -0.590. The van der Waals surface area contributed by atoms with Gasteiger partial charge in [-0.2, -0.15) is 0 Å². The zero-order valence-electron chi connectivity index (χ0n) is 10.7. The summed E-state index contributed by atoms with van der Waals surface area (Å²) in [4.78, 5) is 24.4. The molecule has 0 saturated carbocycles. The van der Waals surface area contributed by atoms with Gasteiger partial charge in [0.15, 0.2) is 10.9 Å². The normalized spacial score (nSPS) is 21.1. The van der Waals surface area contributed by atoms with E-state index < -0.39 is 5.79 Å². The molecule has 17 heavy (non-hydrogen) atoms. The molecule has 1 heterocycles. The Morgan fingerprint density at radius 2 is 2.12 bits per heavy atom. The van der Waals surface area contributed by atoms with Crippen LogP contribution in [0.3, 0.4) is 0 Å². The van der Waals surface area contributed by atoms with Crippen molar-refractivity contribution in [1.82, 2.24) is 4.90 Å². The van der Waals surface area contributed by atoms with E-state index in [2.05, 4.69) is 0 Å². The van der Waals surface area contributed by atoms with Crippen molar-refractivity contribution in [2.75, 3.05) is 27.3 Å². The fourth-order valence-electron chi connectivity index (χ4n) is 1.76. The summed E-state index contributed by atoms with van der Waals surface area (Å²) in [6.07, 6.45) is 0.410. The Morgan fingerprint density at radius 3 is 2.59 bits per heavy atom. The van der Waals surface area contributed by atoms with Crippen LogP contribution in [0.1, 0.15) is 20.3 Å². The molecule has 1 fully saturated rings. The fourth-order valence-corrected chi connectivity index (χ4v) is 2.71. The average molecular weight is 261 g/mol. The highest BCUT2D eigenvalue weighted by Gasteiger charge is 2.36. The zero-order chi connectivity index (χ0) is 13.1. The smallest absolute Gasteiger partial charge is 0.223 e. The average Bonchev–Trinajstić information content (AvgIpc) is 2.58. The number of ether oxygens (including phenoxy) is 2. The standard InChI is InChI=1S/C11H19NO4S/c1-8(13)17-9-5-10(14)12(6-9)7-11(2,15-3)16-4/h9H,5-7H2,1-4H3. The molecule has 0 radical (unpaired) electrons. The molecule has 1 aliphatic rings. The largest absolute Gasteiger partial charge is 0.352 e. The van der Waals surface area contributed by atoms with E-state index in [-0.39, 0.29) is 16.3 Å². The number of carbonyl (C=O) groups is 2. The Labute approximate surface area is 106 Å². The quantitative estimate of drug-likeness (QED) is 0.688. The second-order valence-corrected chi connectivity index (χ2v) is 5.73. The van der Waals surface area contributed by atoms with Gasteiger partial charge >= 0.3 is 0 Å². The summed E-state index contributed by atoms with van der Waals surface area (Å²) in [5.74, 6) is -0.741. The summed E-state index contributed by atoms with van der Waals surface area (Å²) in [6, 6.07) is 0. The number of amides is 1. The molecular formula is C11H19NO4S. The number of hydrogen-bond acceptors (Lipinski definition) is 5. The first-order valence-corrected chi connectivity index (χ1v) is 6.33. The molecule has 1 rings (SSSR count). The lowest BCUT2D eigenvalue weighted by atomic mass is 10.3. The van der Waals surface area contributed by atoms with E-state index in [4.69, 9.17) is 9.47 Å². The van der Waals surface area contributed by atoms with Crippen molar-refractivity contribution in [2.45, 2.75) is 31.3 Å². The van der Waals surface area contributed by atoms with Crippen LogP contribution in [0.4, 0.5) is 0 Å². The van der Waals surface area contributed by atoms with Gasteiger partial charge in [-0.25, -0.2) is 0 Å². The first kappa shape index (κ1) is 14.5. The van der Waals surface area contributed by atoms with Gasteiger partial charge in [0.25, 0.3) is 0 Å². The minimum Gasteiger partial charge on any atom is -0.352 e. The van der Waals surface area contributed by atoms with Gasteiger partial charge in [0.05, 0.1) is 6.54 Å². The Morgan fingerprint density at radius 1 is 1.53 bits per heavy atom. The second kappa shape index (κ2) is 5.84. The molecule has 0 aliphatic carbocycles. The Balaban J connectivity index is 2.56. The number of rotatable bonds is 5. The Kier molecular flexibility index (Phi) is 4.97. The number of hydrogen-bond donors (Lipinski definition) is 0. The van der Waals surface area contributed by atoms with E-state index in [0.29, 0.717) is 19.5 Å². The number of likely N-dealkylation sites (tertiary alicyclic amines) is 1. The number of nitrogens with zero attached hydrogens (tertiary/aromatic N) is 1. The lowest BCUT2D eigenvalue weighted by molar-refractivity contribution is -0.203. The van der Waals surface area contributed by atoms with Crippen LogP contribution in [0.2, 0.25) is 0 Å². The van der Waals surface area contributed by atoms with Gasteiger partial charge in [-0.05, 0) is 6.92 Å². The molecule has 0 aromatic carbocycles. The first-order valence-electron chi connectivity index (χ1n) is 5.45. The maximum atomic E-state index is 11.8. The zero-order valence-corrected chi connectivity index (χ0v) is 11.5. The van der Waals surface area contributed by atoms with Gasteiger partial charge in [0.1, 0.15) is 0 Å².